The Morgan fingerprint density at radius 1 is 1.00 bits per heavy atom. The van der Waals surface area contributed by atoms with E-state index in [0.717, 1.165) is 22.9 Å². The molecule has 0 unspecified atom stereocenters. The van der Waals surface area contributed by atoms with Crippen molar-refractivity contribution in [2.75, 3.05) is 7.11 Å². The van der Waals surface area contributed by atoms with E-state index in [1.807, 2.05) is 36.4 Å². The van der Waals surface area contributed by atoms with E-state index in [-0.39, 0.29) is 10.9 Å². The first-order chi connectivity index (χ1) is 12.6. The highest BCUT2D eigenvalue weighted by Crippen LogP contribution is 2.31. The lowest BCUT2D eigenvalue weighted by Crippen LogP contribution is -1.98. The minimum atomic E-state index is -0.907. The molecular formula is C20H14F2N2O2. The smallest absolute Gasteiger partial charge is 0.191 e. The quantitative estimate of drug-likeness (QED) is 0.582. The number of phenols is 1. The first kappa shape index (κ1) is 16.1. The topological polar surface area (TPSA) is 47.3 Å². The molecule has 130 valence electrons. The van der Waals surface area contributed by atoms with Crippen molar-refractivity contribution >= 4 is 10.9 Å². The first-order valence-electron chi connectivity index (χ1n) is 7.88. The molecule has 0 aliphatic carbocycles. The molecule has 0 radical (unpaired) electrons. The van der Waals surface area contributed by atoms with Gasteiger partial charge in [-0.25, -0.2) is 13.5 Å². The summed E-state index contributed by atoms with van der Waals surface area (Å²) in [6, 6.07) is 15.6. The maximum absolute atomic E-state index is 14.3. The molecule has 4 rings (SSSR count). The van der Waals surface area contributed by atoms with Crippen LogP contribution in [0.2, 0.25) is 0 Å². The van der Waals surface area contributed by atoms with Crippen LogP contribution >= 0.6 is 0 Å². The lowest BCUT2D eigenvalue weighted by atomic mass is 10.1. The number of hydrogen-bond acceptors (Lipinski definition) is 3. The van der Waals surface area contributed by atoms with Gasteiger partial charge in [-0.2, -0.15) is 5.10 Å². The molecule has 0 aliphatic heterocycles. The van der Waals surface area contributed by atoms with Crippen molar-refractivity contribution in [2.45, 2.75) is 0 Å². The number of phenolic OH excluding ortho intramolecular Hbond substituents is 1. The minimum Gasteiger partial charge on any atom is -0.505 e. The Morgan fingerprint density at radius 3 is 2.50 bits per heavy atom. The predicted molar refractivity (Wildman–Crippen MR) is 94.6 cm³/mol. The number of benzene rings is 3. The SMILES string of the molecule is COc1cccc(-c2ccc(-n3ncc4c(F)cc(O)c(F)c43)cc2)c1. The summed E-state index contributed by atoms with van der Waals surface area (Å²) in [6.07, 6.45) is 1.24. The van der Waals surface area contributed by atoms with Crippen LogP contribution in [0.1, 0.15) is 0 Å². The Hall–Kier alpha value is -3.41. The van der Waals surface area contributed by atoms with Crippen LogP contribution in [0.25, 0.3) is 27.7 Å². The van der Waals surface area contributed by atoms with Crippen LogP contribution in [-0.2, 0) is 0 Å². The maximum atomic E-state index is 14.3. The second-order valence-corrected chi connectivity index (χ2v) is 5.79. The van der Waals surface area contributed by atoms with E-state index in [0.29, 0.717) is 5.69 Å². The van der Waals surface area contributed by atoms with Crippen LogP contribution in [0.3, 0.4) is 0 Å². The molecule has 26 heavy (non-hydrogen) atoms. The lowest BCUT2D eigenvalue weighted by Gasteiger charge is -2.08. The van der Waals surface area contributed by atoms with Gasteiger partial charge in [0.25, 0.3) is 0 Å². The second-order valence-electron chi connectivity index (χ2n) is 5.79. The van der Waals surface area contributed by atoms with Gasteiger partial charge >= 0.3 is 0 Å². The average Bonchev–Trinajstić information content (AvgIpc) is 3.12. The number of ether oxygens (including phenoxy) is 1. The normalized spacial score (nSPS) is 11.0. The fraction of sp³-hybridized carbons (Fsp3) is 0.0500. The monoisotopic (exact) mass is 352 g/mol. The van der Waals surface area contributed by atoms with Gasteiger partial charge in [0.05, 0.1) is 24.4 Å². The molecule has 3 aromatic carbocycles. The Kier molecular flexibility index (Phi) is 3.80. The van der Waals surface area contributed by atoms with Crippen molar-refractivity contribution < 1.29 is 18.6 Å². The third kappa shape index (κ3) is 2.56. The van der Waals surface area contributed by atoms with Crippen molar-refractivity contribution in [3.05, 3.63) is 72.4 Å². The van der Waals surface area contributed by atoms with Gasteiger partial charge in [-0.3, -0.25) is 0 Å². The number of methoxy groups -OCH3 is 1. The summed E-state index contributed by atoms with van der Waals surface area (Å²) in [5.41, 5.74) is 2.36. The van der Waals surface area contributed by atoms with Crippen LogP contribution in [0, 0.1) is 11.6 Å². The van der Waals surface area contributed by atoms with Gasteiger partial charge in [0.15, 0.2) is 11.6 Å². The maximum Gasteiger partial charge on any atom is 0.191 e. The fourth-order valence-corrected chi connectivity index (χ4v) is 2.91. The zero-order valence-electron chi connectivity index (χ0n) is 13.8. The van der Waals surface area contributed by atoms with Gasteiger partial charge in [-0.05, 0) is 35.4 Å². The van der Waals surface area contributed by atoms with Crippen LogP contribution in [0.4, 0.5) is 8.78 Å². The van der Waals surface area contributed by atoms with Gasteiger partial charge in [0, 0.05) is 6.07 Å². The van der Waals surface area contributed by atoms with Crippen LogP contribution in [0.15, 0.2) is 60.8 Å². The van der Waals surface area contributed by atoms with E-state index < -0.39 is 17.4 Å². The summed E-state index contributed by atoms with van der Waals surface area (Å²) < 4.78 is 34.7. The minimum absolute atomic E-state index is 0.0113. The third-order valence-electron chi connectivity index (χ3n) is 4.24. The Labute approximate surface area is 147 Å². The summed E-state index contributed by atoms with van der Waals surface area (Å²) in [7, 11) is 1.61. The molecule has 0 saturated carbocycles. The molecule has 0 atom stereocenters. The number of rotatable bonds is 3. The molecule has 0 amide bonds. The summed E-state index contributed by atoms with van der Waals surface area (Å²) >= 11 is 0. The summed E-state index contributed by atoms with van der Waals surface area (Å²) in [5, 5.41) is 13.6. The summed E-state index contributed by atoms with van der Waals surface area (Å²) in [5.74, 6) is -1.63. The molecule has 0 fully saturated rings. The zero-order valence-corrected chi connectivity index (χ0v) is 13.8. The molecule has 6 heteroatoms. The number of nitrogens with zero attached hydrogens (tertiary/aromatic N) is 2. The van der Waals surface area contributed by atoms with Crippen molar-refractivity contribution in [1.29, 1.82) is 0 Å². The van der Waals surface area contributed by atoms with Crippen molar-refractivity contribution in [1.82, 2.24) is 9.78 Å². The zero-order chi connectivity index (χ0) is 18.3. The first-order valence-corrected chi connectivity index (χ1v) is 7.88. The Balaban J connectivity index is 1.79. The van der Waals surface area contributed by atoms with E-state index in [2.05, 4.69) is 5.10 Å². The van der Waals surface area contributed by atoms with E-state index in [4.69, 9.17) is 4.74 Å². The fourth-order valence-electron chi connectivity index (χ4n) is 2.91. The van der Waals surface area contributed by atoms with E-state index in [1.165, 1.54) is 10.9 Å². The molecule has 1 heterocycles. The van der Waals surface area contributed by atoms with Gasteiger partial charge in [0.1, 0.15) is 17.1 Å². The van der Waals surface area contributed by atoms with Crippen molar-refractivity contribution in [2.24, 2.45) is 0 Å². The van der Waals surface area contributed by atoms with Gasteiger partial charge in [-0.15, -0.1) is 0 Å². The highest BCUT2D eigenvalue weighted by atomic mass is 19.1. The number of fused-ring (bicyclic) bond motifs is 1. The predicted octanol–water partition coefficient (Wildman–Crippen LogP) is 4.68. The molecule has 0 spiro atoms. The second kappa shape index (κ2) is 6.15. The third-order valence-corrected chi connectivity index (χ3v) is 4.24. The van der Waals surface area contributed by atoms with E-state index in [9.17, 15) is 13.9 Å². The molecule has 1 N–H and O–H groups in total. The molecule has 0 saturated heterocycles. The molecule has 0 bridgehead atoms. The Bertz CT molecular complexity index is 1100. The van der Waals surface area contributed by atoms with Crippen molar-refractivity contribution in [3.8, 4) is 28.3 Å². The number of hydrogen-bond donors (Lipinski definition) is 1. The molecule has 4 aromatic rings. The van der Waals surface area contributed by atoms with Crippen LogP contribution in [-0.4, -0.2) is 22.0 Å². The number of halogens is 2. The lowest BCUT2D eigenvalue weighted by molar-refractivity contribution is 0.415. The average molecular weight is 352 g/mol. The largest absolute Gasteiger partial charge is 0.505 e. The standard InChI is InChI=1S/C20H14F2N2O2/c1-26-15-4-2-3-13(9-15)12-5-7-14(8-6-12)24-20-16(11-23-24)17(21)10-18(25)19(20)22/h2-11,25H,1H3. The molecule has 4 nitrogen and oxygen atoms in total. The highest BCUT2D eigenvalue weighted by Gasteiger charge is 2.17. The van der Waals surface area contributed by atoms with E-state index in [1.54, 1.807) is 19.2 Å². The van der Waals surface area contributed by atoms with Crippen LogP contribution in [0.5, 0.6) is 11.5 Å². The number of aromatic nitrogens is 2. The van der Waals surface area contributed by atoms with Gasteiger partial charge in [-0.1, -0.05) is 24.3 Å². The number of aromatic hydroxyl groups is 1. The van der Waals surface area contributed by atoms with E-state index >= 15 is 0 Å². The van der Waals surface area contributed by atoms with Gasteiger partial charge in [0.2, 0.25) is 0 Å². The molecule has 0 aliphatic rings. The summed E-state index contributed by atoms with van der Waals surface area (Å²) in [4.78, 5) is 0. The summed E-state index contributed by atoms with van der Waals surface area (Å²) in [6.45, 7) is 0. The van der Waals surface area contributed by atoms with Gasteiger partial charge < -0.3 is 9.84 Å². The molecular weight excluding hydrogens is 338 g/mol. The van der Waals surface area contributed by atoms with Crippen LogP contribution < -0.4 is 4.74 Å². The van der Waals surface area contributed by atoms with Crippen molar-refractivity contribution in [3.63, 3.8) is 0 Å². The molecule has 1 aromatic heterocycles. The Morgan fingerprint density at radius 2 is 1.77 bits per heavy atom. The highest BCUT2D eigenvalue weighted by molar-refractivity contribution is 5.83.